The molecule has 0 rings (SSSR count). The maximum absolute atomic E-state index is 12.3. The van der Waals surface area contributed by atoms with Gasteiger partial charge in [0, 0.05) is 13.2 Å². The van der Waals surface area contributed by atoms with Crippen molar-refractivity contribution in [1.29, 1.82) is 0 Å². The Morgan fingerprint density at radius 1 is 0.581 bits per heavy atom. The van der Waals surface area contributed by atoms with Gasteiger partial charge in [-0.15, -0.1) is 0 Å². The Morgan fingerprint density at radius 2 is 1.03 bits per heavy atom. The van der Waals surface area contributed by atoms with E-state index in [9.17, 15) is 9.59 Å². The molecular weight excluding hydrogens is 404 g/mol. The minimum atomic E-state index is -0.497. The van der Waals surface area contributed by atoms with Crippen LogP contribution in [-0.4, -0.2) is 78.0 Å². The lowest BCUT2D eigenvalue weighted by Gasteiger charge is -2.15. The molecule has 8 heteroatoms. The van der Waals surface area contributed by atoms with Crippen LogP contribution in [0.2, 0.25) is 0 Å². The molecule has 0 N–H and O–H groups in total. The van der Waals surface area contributed by atoms with E-state index in [1.165, 1.54) is 0 Å². The van der Waals surface area contributed by atoms with Crippen molar-refractivity contribution in [3.8, 4) is 0 Å². The zero-order valence-electron chi connectivity index (χ0n) is 19.9. The average molecular weight is 449 g/mol. The molecular formula is C23H44O8. The molecule has 0 saturated carbocycles. The van der Waals surface area contributed by atoms with Crippen molar-refractivity contribution >= 4 is 11.9 Å². The number of unbranched alkanes of at least 4 members (excludes halogenated alkanes) is 2. The zero-order chi connectivity index (χ0) is 23.0. The van der Waals surface area contributed by atoms with Crippen molar-refractivity contribution in [2.24, 2.45) is 5.92 Å². The minimum Gasteiger partial charge on any atom is -0.463 e. The topological polar surface area (TPSA) is 89.5 Å². The van der Waals surface area contributed by atoms with E-state index in [1.54, 1.807) is 0 Å². The van der Waals surface area contributed by atoms with Gasteiger partial charge < -0.3 is 28.4 Å². The van der Waals surface area contributed by atoms with E-state index in [2.05, 4.69) is 13.8 Å². The van der Waals surface area contributed by atoms with Gasteiger partial charge in [-0.25, -0.2) is 0 Å². The van der Waals surface area contributed by atoms with Gasteiger partial charge in [0.05, 0.1) is 52.0 Å². The molecule has 0 aromatic rings. The van der Waals surface area contributed by atoms with E-state index in [4.69, 9.17) is 28.4 Å². The summed E-state index contributed by atoms with van der Waals surface area (Å²) in [7, 11) is 0. The third kappa shape index (κ3) is 20.4. The van der Waals surface area contributed by atoms with Crippen molar-refractivity contribution in [2.45, 2.75) is 65.7 Å². The molecule has 31 heavy (non-hydrogen) atoms. The Hall–Kier alpha value is -1.22. The molecule has 0 fully saturated rings. The molecule has 0 saturated heterocycles. The average Bonchev–Trinajstić information content (AvgIpc) is 2.76. The van der Waals surface area contributed by atoms with Crippen LogP contribution in [0.15, 0.2) is 0 Å². The first-order valence-corrected chi connectivity index (χ1v) is 11.8. The van der Waals surface area contributed by atoms with Gasteiger partial charge in [-0.05, 0) is 19.3 Å². The van der Waals surface area contributed by atoms with Crippen LogP contribution in [0.3, 0.4) is 0 Å². The van der Waals surface area contributed by atoms with Gasteiger partial charge in [0.15, 0.2) is 0 Å². The van der Waals surface area contributed by atoms with Crippen molar-refractivity contribution in [2.75, 3.05) is 66.1 Å². The maximum Gasteiger partial charge on any atom is 0.309 e. The van der Waals surface area contributed by atoms with Crippen LogP contribution >= 0.6 is 0 Å². The zero-order valence-corrected chi connectivity index (χ0v) is 19.9. The Morgan fingerprint density at radius 3 is 1.52 bits per heavy atom. The summed E-state index contributed by atoms with van der Waals surface area (Å²) in [5, 5.41) is 0. The Balaban J connectivity index is 3.79. The number of esters is 2. The summed E-state index contributed by atoms with van der Waals surface area (Å²) in [4.78, 5) is 24.3. The predicted octanol–water partition coefficient (Wildman–Crippen LogP) is 3.55. The fraction of sp³-hybridized carbons (Fsp3) is 0.913. The number of rotatable bonds is 23. The molecule has 0 aromatic carbocycles. The summed E-state index contributed by atoms with van der Waals surface area (Å²) in [5.74, 6) is -1.30. The van der Waals surface area contributed by atoms with E-state index < -0.39 is 11.9 Å². The number of ether oxygens (including phenoxy) is 6. The second-order valence-corrected chi connectivity index (χ2v) is 7.23. The van der Waals surface area contributed by atoms with Crippen LogP contribution < -0.4 is 0 Å². The van der Waals surface area contributed by atoms with Gasteiger partial charge >= 0.3 is 11.9 Å². The first kappa shape index (κ1) is 29.8. The van der Waals surface area contributed by atoms with E-state index in [0.29, 0.717) is 46.1 Å². The van der Waals surface area contributed by atoms with Crippen LogP contribution in [0.25, 0.3) is 0 Å². The molecule has 0 heterocycles. The van der Waals surface area contributed by atoms with Gasteiger partial charge in [0.25, 0.3) is 0 Å². The third-order valence-corrected chi connectivity index (χ3v) is 4.37. The van der Waals surface area contributed by atoms with Crippen LogP contribution in [0.1, 0.15) is 65.7 Å². The van der Waals surface area contributed by atoms with Crippen molar-refractivity contribution in [3.05, 3.63) is 0 Å². The molecule has 0 amide bonds. The predicted molar refractivity (Wildman–Crippen MR) is 118 cm³/mol. The lowest BCUT2D eigenvalue weighted by atomic mass is 10.0. The fourth-order valence-corrected chi connectivity index (χ4v) is 2.58. The van der Waals surface area contributed by atoms with Crippen molar-refractivity contribution in [1.82, 2.24) is 0 Å². The molecule has 1 unspecified atom stereocenters. The van der Waals surface area contributed by atoms with E-state index in [1.807, 2.05) is 6.92 Å². The highest BCUT2D eigenvalue weighted by molar-refractivity contribution is 5.79. The number of hydrogen-bond donors (Lipinski definition) is 0. The first-order chi connectivity index (χ1) is 15.2. The van der Waals surface area contributed by atoms with Crippen molar-refractivity contribution in [3.63, 3.8) is 0 Å². The maximum atomic E-state index is 12.3. The fourth-order valence-electron chi connectivity index (χ4n) is 2.58. The SMILES string of the molecule is CCCCOCCOCCOC(=O)CC(CCC)C(=O)OCCOCCOCCCC. The second kappa shape index (κ2) is 23.4. The van der Waals surface area contributed by atoms with Crippen molar-refractivity contribution < 1.29 is 38.0 Å². The molecule has 8 nitrogen and oxygen atoms in total. The second-order valence-electron chi connectivity index (χ2n) is 7.23. The number of carbonyl (C=O) groups excluding carboxylic acids is 2. The quantitative estimate of drug-likeness (QED) is 0.173. The van der Waals surface area contributed by atoms with Crippen LogP contribution in [0, 0.1) is 5.92 Å². The van der Waals surface area contributed by atoms with Crippen LogP contribution in [-0.2, 0) is 38.0 Å². The Kier molecular flexibility index (Phi) is 22.5. The van der Waals surface area contributed by atoms with Gasteiger partial charge in [-0.3, -0.25) is 9.59 Å². The molecule has 0 aliphatic heterocycles. The number of hydrogen-bond acceptors (Lipinski definition) is 8. The summed E-state index contributed by atoms with van der Waals surface area (Å²) in [6, 6.07) is 0. The summed E-state index contributed by atoms with van der Waals surface area (Å²) >= 11 is 0. The molecule has 1 atom stereocenters. The molecule has 184 valence electrons. The summed E-state index contributed by atoms with van der Waals surface area (Å²) < 4.78 is 31.9. The summed E-state index contributed by atoms with van der Waals surface area (Å²) in [6.07, 6.45) is 5.65. The normalized spacial score (nSPS) is 12.0. The largest absolute Gasteiger partial charge is 0.463 e. The van der Waals surface area contributed by atoms with Gasteiger partial charge in [0.2, 0.25) is 0 Å². The highest BCUT2D eigenvalue weighted by atomic mass is 16.6. The van der Waals surface area contributed by atoms with E-state index in [0.717, 1.165) is 45.3 Å². The lowest BCUT2D eigenvalue weighted by Crippen LogP contribution is -2.24. The summed E-state index contributed by atoms with van der Waals surface area (Å²) in [5.41, 5.74) is 0. The van der Waals surface area contributed by atoms with E-state index in [-0.39, 0.29) is 25.6 Å². The highest BCUT2D eigenvalue weighted by Crippen LogP contribution is 2.14. The van der Waals surface area contributed by atoms with E-state index >= 15 is 0 Å². The Labute approximate surface area is 188 Å². The molecule has 0 aliphatic rings. The Bertz CT molecular complexity index is 416. The first-order valence-electron chi connectivity index (χ1n) is 11.8. The van der Waals surface area contributed by atoms with Gasteiger partial charge in [-0.1, -0.05) is 40.0 Å². The summed E-state index contributed by atoms with van der Waals surface area (Å²) in [6.45, 7) is 10.6. The lowest BCUT2D eigenvalue weighted by molar-refractivity contribution is -0.157. The monoisotopic (exact) mass is 448 g/mol. The van der Waals surface area contributed by atoms with Crippen LogP contribution in [0.5, 0.6) is 0 Å². The standard InChI is InChI=1S/C23H44O8/c1-4-7-10-26-12-14-28-16-18-30-22(24)20-21(9-6-3)23(25)31-19-17-29-15-13-27-11-8-5-2/h21H,4-20H2,1-3H3. The smallest absolute Gasteiger partial charge is 0.309 e. The highest BCUT2D eigenvalue weighted by Gasteiger charge is 2.23. The minimum absolute atomic E-state index is 0.0128. The molecule has 0 spiro atoms. The molecule has 0 aromatic heterocycles. The van der Waals surface area contributed by atoms with Gasteiger partial charge in [-0.2, -0.15) is 0 Å². The molecule has 0 aliphatic carbocycles. The molecule has 0 radical (unpaired) electrons. The molecule has 0 bridgehead atoms. The number of carbonyl (C=O) groups is 2. The van der Waals surface area contributed by atoms with Crippen LogP contribution in [0.4, 0.5) is 0 Å². The third-order valence-electron chi connectivity index (χ3n) is 4.37. The van der Waals surface area contributed by atoms with Gasteiger partial charge in [0.1, 0.15) is 13.2 Å².